The maximum Gasteiger partial charge on any atom is 0.161 e. The fourth-order valence-electron chi connectivity index (χ4n) is 1.79. The maximum absolute atomic E-state index is 10.0. The van der Waals surface area contributed by atoms with Gasteiger partial charge in [-0.25, -0.2) is 0 Å². The molecule has 0 amide bonds. The predicted octanol–water partition coefficient (Wildman–Crippen LogP) is 0.275. The number of aliphatic hydroxyl groups excluding tert-OH is 1. The lowest BCUT2D eigenvalue weighted by molar-refractivity contribution is -0.0143. The number of aliphatic hydroxyl groups is 1. The smallest absolute Gasteiger partial charge is 0.161 e. The molecule has 0 spiro atoms. The van der Waals surface area contributed by atoms with E-state index in [4.69, 9.17) is 4.74 Å². The zero-order valence-corrected chi connectivity index (χ0v) is 8.26. The summed E-state index contributed by atoms with van der Waals surface area (Å²) in [6, 6.07) is 0. The van der Waals surface area contributed by atoms with E-state index in [0.717, 1.165) is 19.4 Å². The Hall–Kier alpha value is -0.940. The molecule has 2 rings (SSSR count). The van der Waals surface area contributed by atoms with Crippen molar-refractivity contribution in [3.05, 3.63) is 12.2 Å². The molecule has 0 aromatic carbocycles. The summed E-state index contributed by atoms with van der Waals surface area (Å²) < 4.78 is 7.07. The van der Waals surface area contributed by atoms with Crippen LogP contribution in [0.15, 0.2) is 6.33 Å². The van der Waals surface area contributed by atoms with Crippen molar-refractivity contribution in [3.63, 3.8) is 0 Å². The van der Waals surface area contributed by atoms with E-state index in [1.165, 1.54) is 0 Å². The Labute approximate surface area is 82.7 Å². The molecule has 0 radical (unpaired) electrons. The molecule has 78 valence electrons. The van der Waals surface area contributed by atoms with Crippen LogP contribution < -0.4 is 0 Å². The van der Waals surface area contributed by atoms with Gasteiger partial charge in [0.05, 0.1) is 6.61 Å². The lowest BCUT2D eigenvalue weighted by atomic mass is 9.95. The quantitative estimate of drug-likeness (QED) is 0.739. The second-order valence-electron chi connectivity index (χ2n) is 3.72. The fourth-order valence-corrected chi connectivity index (χ4v) is 1.79. The third kappa shape index (κ3) is 1.78. The largest absolute Gasteiger partial charge is 0.385 e. The van der Waals surface area contributed by atoms with Crippen LogP contribution in [0, 0.1) is 5.92 Å². The van der Waals surface area contributed by atoms with Gasteiger partial charge in [0.2, 0.25) is 0 Å². The Morgan fingerprint density at radius 2 is 2.57 bits per heavy atom. The Morgan fingerprint density at radius 3 is 3.14 bits per heavy atom. The molecule has 0 saturated carbocycles. The van der Waals surface area contributed by atoms with E-state index in [0.29, 0.717) is 12.4 Å². The summed E-state index contributed by atoms with van der Waals surface area (Å²) in [4.78, 5) is 0. The Bertz CT molecular complexity index is 294. The molecule has 0 aliphatic carbocycles. The molecule has 1 aliphatic heterocycles. The molecular formula is C9H15N3O2. The van der Waals surface area contributed by atoms with Gasteiger partial charge in [-0.1, -0.05) is 0 Å². The number of aryl methyl sites for hydroxylation is 1. The molecule has 1 aliphatic rings. The first-order chi connectivity index (χ1) is 6.79. The van der Waals surface area contributed by atoms with Gasteiger partial charge in [-0.3, -0.25) is 0 Å². The number of rotatable bonds is 2. The van der Waals surface area contributed by atoms with Gasteiger partial charge in [-0.15, -0.1) is 10.2 Å². The van der Waals surface area contributed by atoms with Crippen LogP contribution >= 0.6 is 0 Å². The minimum absolute atomic E-state index is 0.159. The monoisotopic (exact) mass is 197 g/mol. The molecular weight excluding hydrogens is 182 g/mol. The van der Waals surface area contributed by atoms with Crippen molar-refractivity contribution in [1.29, 1.82) is 0 Å². The SMILES string of the molecule is Cn1cnnc1C(O)C1CCCOC1. The normalized spacial score (nSPS) is 24.9. The third-order valence-corrected chi connectivity index (χ3v) is 2.65. The van der Waals surface area contributed by atoms with E-state index < -0.39 is 6.10 Å². The highest BCUT2D eigenvalue weighted by Crippen LogP contribution is 2.26. The number of ether oxygens (including phenoxy) is 1. The number of aromatic nitrogens is 3. The van der Waals surface area contributed by atoms with Crippen LogP contribution in [0.25, 0.3) is 0 Å². The first-order valence-corrected chi connectivity index (χ1v) is 4.88. The van der Waals surface area contributed by atoms with Crippen LogP contribution in [-0.4, -0.2) is 33.1 Å². The van der Waals surface area contributed by atoms with Crippen LogP contribution in [0.2, 0.25) is 0 Å². The van der Waals surface area contributed by atoms with Crippen molar-refractivity contribution in [2.75, 3.05) is 13.2 Å². The summed E-state index contributed by atoms with van der Waals surface area (Å²) in [5.41, 5.74) is 0. The van der Waals surface area contributed by atoms with Crippen molar-refractivity contribution in [3.8, 4) is 0 Å². The van der Waals surface area contributed by atoms with E-state index in [9.17, 15) is 5.11 Å². The first-order valence-electron chi connectivity index (χ1n) is 4.88. The standard InChI is InChI=1S/C9H15N3O2/c1-12-6-10-11-9(12)8(13)7-3-2-4-14-5-7/h6-8,13H,2-5H2,1H3. The van der Waals surface area contributed by atoms with Crippen molar-refractivity contribution in [2.24, 2.45) is 13.0 Å². The second-order valence-corrected chi connectivity index (χ2v) is 3.72. The highest BCUT2D eigenvalue weighted by atomic mass is 16.5. The van der Waals surface area contributed by atoms with Gasteiger partial charge in [0.25, 0.3) is 0 Å². The van der Waals surface area contributed by atoms with E-state index in [1.807, 2.05) is 7.05 Å². The van der Waals surface area contributed by atoms with Gasteiger partial charge in [0, 0.05) is 19.6 Å². The lowest BCUT2D eigenvalue weighted by Gasteiger charge is -2.25. The number of hydrogen-bond acceptors (Lipinski definition) is 4. The molecule has 1 N–H and O–H groups in total. The molecule has 1 aromatic rings. The Kier molecular flexibility index (Phi) is 2.79. The number of nitrogens with zero attached hydrogens (tertiary/aromatic N) is 3. The highest BCUT2D eigenvalue weighted by Gasteiger charge is 2.26. The highest BCUT2D eigenvalue weighted by molar-refractivity contribution is 4.93. The molecule has 1 fully saturated rings. The van der Waals surface area contributed by atoms with Crippen LogP contribution in [0.5, 0.6) is 0 Å². The number of hydrogen-bond donors (Lipinski definition) is 1. The van der Waals surface area contributed by atoms with Gasteiger partial charge in [0.1, 0.15) is 12.4 Å². The van der Waals surface area contributed by atoms with E-state index >= 15 is 0 Å². The van der Waals surface area contributed by atoms with Gasteiger partial charge in [0.15, 0.2) is 5.82 Å². The molecule has 0 bridgehead atoms. The van der Waals surface area contributed by atoms with E-state index in [1.54, 1.807) is 10.9 Å². The summed E-state index contributed by atoms with van der Waals surface area (Å²) in [5.74, 6) is 0.784. The first kappa shape index (κ1) is 9.61. The van der Waals surface area contributed by atoms with Gasteiger partial charge in [-0.2, -0.15) is 0 Å². The molecule has 14 heavy (non-hydrogen) atoms. The molecule has 2 heterocycles. The molecule has 2 atom stereocenters. The molecule has 1 saturated heterocycles. The Morgan fingerprint density at radius 1 is 1.71 bits per heavy atom. The summed E-state index contributed by atoms with van der Waals surface area (Å²) in [7, 11) is 1.84. The molecule has 2 unspecified atom stereocenters. The third-order valence-electron chi connectivity index (χ3n) is 2.65. The maximum atomic E-state index is 10.0. The zero-order chi connectivity index (χ0) is 9.97. The molecule has 5 heteroatoms. The minimum Gasteiger partial charge on any atom is -0.385 e. The van der Waals surface area contributed by atoms with Crippen molar-refractivity contribution in [2.45, 2.75) is 18.9 Å². The zero-order valence-electron chi connectivity index (χ0n) is 8.26. The van der Waals surface area contributed by atoms with Gasteiger partial charge >= 0.3 is 0 Å². The van der Waals surface area contributed by atoms with Gasteiger partial charge < -0.3 is 14.4 Å². The average Bonchev–Trinajstić information content (AvgIpc) is 2.65. The lowest BCUT2D eigenvalue weighted by Crippen LogP contribution is -2.25. The van der Waals surface area contributed by atoms with E-state index in [2.05, 4.69) is 10.2 Å². The minimum atomic E-state index is -0.553. The van der Waals surface area contributed by atoms with Crippen molar-refractivity contribution in [1.82, 2.24) is 14.8 Å². The van der Waals surface area contributed by atoms with Gasteiger partial charge in [-0.05, 0) is 12.8 Å². The van der Waals surface area contributed by atoms with Crippen LogP contribution in [0.3, 0.4) is 0 Å². The summed E-state index contributed by atoms with van der Waals surface area (Å²) in [5, 5.41) is 17.7. The average molecular weight is 197 g/mol. The second kappa shape index (κ2) is 4.06. The summed E-state index contributed by atoms with van der Waals surface area (Å²) >= 11 is 0. The Balaban J connectivity index is 2.07. The fraction of sp³-hybridized carbons (Fsp3) is 0.778. The predicted molar refractivity (Wildman–Crippen MR) is 49.5 cm³/mol. The van der Waals surface area contributed by atoms with Crippen LogP contribution in [-0.2, 0) is 11.8 Å². The van der Waals surface area contributed by atoms with E-state index in [-0.39, 0.29) is 5.92 Å². The summed E-state index contributed by atoms with van der Waals surface area (Å²) in [6.07, 6.45) is 3.05. The van der Waals surface area contributed by atoms with Crippen molar-refractivity contribution >= 4 is 0 Å². The molecule has 5 nitrogen and oxygen atoms in total. The topological polar surface area (TPSA) is 60.2 Å². The van der Waals surface area contributed by atoms with Crippen molar-refractivity contribution < 1.29 is 9.84 Å². The summed E-state index contributed by atoms with van der Waals surface area (Å²) in [6.45, 7) is 1.43. The molecule has 1 aromatic heterocycles. The van der Waals surface area contributed by atoms with Crippen LogP contribution in [0.4, 0.5) is 0 Å². The van der Waals surface area contributed by atoms with Crippen LogP contribution in [0.1, 0.15) is 24.8 Å².